The molecule has 3 fully saturated rings. The second kappa shape index (κ2) is 12.1. The van der Waals surface area contributed by atoms with Gasteiger partial charge in [0.2, 0.25) is 0 Å². The van der Waals surface area contributed by atoms with Crippen LogP contribution in [0.2, 0.25) is 0 Å². The van der Waals surface area contributed by atoms with E-state index in [0.717, 1.165) is 16.7 Å². The van der Waals surface area contributed by atoms with Gasteiger partial charge in [-0.15, -0.1) is 0 Å². The zero-order valence-electron chi connectivity index (χ0n) is 23.2. The van der Waals surface area contributed by atoms with E-state index in [-0.39, 0.29) is 64.2 Å². The topological polar surface area (TPSA) is 131 Å². The van der Waals surface area contributed by atoms with Gasteiger partial charge in [0.1, 0.15) is 5.71 Å². The molecule has 1 spiro atoms. The van der Waals surface area contributed by atoms with Crippen LogP contribution in [0.5, 0.6) is 0 Å². The smallest absolute Gasteiger partial charge is 0.417 e. The quantitative estimate of drug-likeness (QED) is 0.211. The van der Waals surface area contributed by atoms with Crippen molar-refractivity contribution in [3.05, 3.63) is 29.7 Å². The number of urea groups is 1. The Labute approximate surface area is 268 Å². The Kier molecular flexibility index (Phi) is 9.96. The fourth-order valence-electron chi connectivity index (χ4n) is 5.55. The Morgan fingerprint density at radius 2 is 1.95 bits per heavy atom. The number of hydrogen-bond acceptors (Lipinski definition) is 8. The third kappa shape index (κ3) is 6.32. The molecule has 1 radical (unpaired) electrons. The van der Waals surface area contributed by atoms with Crippen LogP contribution in [0, 0.1) is 11.3 Å². The molecular formula is C26H35F3N7O3SY-. The second-order valence-electron chi connectivity index (χ2n) is 11.4. The summed E-state index contributed by atoms with van der Waals surface area (Å²) in [4.78, 5) is 21.0. The molecule has 2 aromatic heterocycles. The Morgan fingerprint density at radius 3 is 2.49 bits per heavy atom. The molecule has 4 heterocycles. The van der Waals surface area contributed by atoms with Gasteiger partial charge in [0.15, 0.2) is 11.4 Å². The number of nitrogens with zero attached hydrogens (tertiary/aromatic N) is 5. The number of piperidine rings is 1. The number of carbonyl (C=O) groups excluding carboxylic acids is 1. The standard InChI is InChI=1S/C26H34F3N7O3.H2S.Y/c1-4-18(32-23(38)35-8-7-25(39,26(27,28)29)14-24(35)5-6-24)21(30)19-9-20-17(10-31-19)22(34-12-16(37)13-34)33-36(20)11-15(2)3;;/h4,9-10,15-16,30,37,39H,5-8,11-14H2,1-3H3,(H,32,38);1H2;/p-1/b18-4+,30-21?;;. The minimum absolute atomic E-state index is 0. The maximum atomic E-state index is 13.4. The van der Waals surface area contributed by atoms with Gasteiger partial charge in [-0.25, -0.2) is 4.79 Å². The first-order valence-corrected chi connectivity index (χ1v) is 13.2. The van der Waals surface area contributed by atoms with Gasteiger partial charge in [0, 0.05) is 83.5 Å². The molecule has 1 unspecified atom stereocenters. The third-order valence-electron chi connectivity index (χ3n) is 7.92. The number of alkyl halides is 3. The summed E-state index contributed by atoms with van der Waals surface area (Å²) in [6.45, 7) is 7.17. The molecule has 0 bridgehead atoms. The normalized spacial score (nSPS) is 22.3. The van der Waals surface area contributed by atoms with E-state index in [4.69, 9.17) is 10.5 Å². The number of aliphatic hydroxyl groups is 2. The van der Waals surface area contributed by atoms with Gasteiger partial charge >= 0.3 is 12.2 Å². The number of carbonyl (C=O) groups is 1. The van der Waals surface area contributed by atoms with Crippen molar-refractivity contribution in [2.75, 3.05) is 24.5 Å². The number of thiol groups is 1. The molecule has 15 heteroatoms. The van der Waals surface area contributed by atoms with Crippen molar-refractivity contribution < 1.29 is 60.9 Å². The molecule has 223 valence electrons. The molecule has 2 amide bonds. The summed E-state index contributed by atoms with van der Waals surface area (Å²) in [6.07, 6.45) is -2.33. The van der Waals surface area contributed by atoms with Crippen LogP contribution in [-0.2, 0) is 52.7 Å². The number of allylic oxidation sites excluding steroid dienone is 2. The molecule has 4 N–H and O–H groups in total. The van der Waals surface area contributed by atoms with Crippen LogP contribution in [0.25, 0.3) is 10.9 Å². The second-order valence-corrected chi connectivity index (χ2v) is 11.4. The van der Waals surface area contributed by atoms with Crippen molar-refractivity contribution in [1.82, 2.24) is 25.0 Å². The minimum Gasteiger partial charge on any atom is -0.813 e. The number of likely N-dealkylation sites (tertiary alicyclic amines) is 1. The summed E-state index contributed by atoms with van der Waals surface area (Å²) in [5.74, 6) is 1.03. The van der Waals surface area contributed by atoms with Gasteiger partial charge in [0.05, 0.1) is 28.4 Å². The summed E-state index contributed by atoms with van der Waals surface area (Å²) in [6, 6.07) is 1.15. The maximum Gasteiger partial charge on any atom is 0.417 e. The number of rotatable bonds is 6. The summed E-state index contributed by atoms with van der Waals surface area (Å²) < 4.78 is 42.2. The molecule has 41 heavy (non-hydrogen) atoms. The SMILES string of the molecule is C/C=C(/NC(=O)N1CCC(O)(C(F)(F)F)CC12CC2)C(=N)c1cc2c(cn1)c(N1CC(O)C1)nn2CC(C)C.[SH-].[Y]. The molecule has 1 atom stereocenters. The molecule has 2 aliphatic heterocycles. The molecule has 3 aliphatic rings. The van der Waals surface area contributed by atoms with Crippen molar-refractivity contribution in [2.45, 2.75) is 76.4 Å². The Balaban J connectivity index is 0.00000231. The largest absolute Gasteiger partial charge is 0.813 e. The van der Waals surface area contributed by atoms with E-state index in [2.05, 4.69) is 24.1 Å². The van der Waals surface area contributed by atoms with Gasteiger partial charge in [-0.05, 0) is 31.7 Å². The van der Waals surface area contributed by atoms with Crippen LogP contribution in [0.3, 0.4) is 0 Å². The number of aromatic nitrogens is 3. The number of fused-ring (bicyclic) bond motifs is 1. The summed E-state index contributed by atoms with van der Waals surface area (Å²) in [7, 11) is 0. The number of pyridine rings is 1. The van der Waals surface area contributed by atoms with E-state index >= 15 is 0 Å². The summed E-state index contributed by atoms with van der Waals surface area (Å²) >= 11 is 0. The van der Waals surface area contributed by atoms with E-state index in [1.807, 2.05) is 9.58 Å². The van der Waals surface area contributed by atoms with Gasteiger partial charge < -0.3 is 38.8 Å². The van der Waals surface area contributed by atoms with Crippen LogP contribution in [0.4, 0.5) is 23.8 Å². The Hall–Kier alpha value is -1.74. The van der Waals surface area contributed by atoms with E-state index in [9.17, 15) is 28.2 Å². The van der Waals surface area contributed by atoms with E-state index < -0.39 is 42.3 Å². The number of halogens is 3. The number of β-amino-alcohol motifs (C(OH)–C–C–N with tert-alkyl or cyclic N) is 1. The number of nitrogens with one attached hydrogen (secondary N) is 2. The maximum absolute atomic E-state index is 13.4. The summed E-state index contributed by atoms with van der Waals surface area (Å²) in [5, 5.41) is 37.0. The third-order valence-corrected chi connectivity index (χ3v) is 7.92. The van der Waals surface area contributed by atoms with Crippen LogP contribution in [0.15, 0.2) is 24.0 Å². The molecule has 1 saturated carbocycles. The molecule has 0 aromatic carbocycles. The predicted octanol–water partition coefficient (Wildman–Crippen LogP) is 2.90. The first-order chi connectivity index (χ1) is 18.3. The fourth-order valence-corrected chi connectivity index (χ4v) is 5.55. The van der Waals surface area contributed by atoms with Gasteiger partial charge in [-0.1, -0.05) is 19.9 Å². The summed E-state index contributed by atoms with van der Waals surface area (Å²) in [5.41, 5.74) is -2.62. The Morgan fingerprint density at radius 1 is 1.29 bits per heavy atom. The molecule has 1 aliphatic carbocycles. The zero-order valence-corrected chi connectivity index (χ0v) is 27.0. The van der Waals surface area contributed by atoms with Crippen LogP contribution in [0.1, 0.15) is 52.1 Å². The predicted molar refractivity (Wildman–Crippen MR) is 147 cm³/mol. The van der Waals surface area contributed by atoms with Crippen molar-refractivity contribution in [3.63, 3.8) is 0 Å². The van der Waals surface area contributed by atoms with E-state index in [0.29, 0.717) is 44.1 Å². The molecule has 2 aromatic rings. The van der Waals surface area contributed by atoms with Crippen molar-refractivity contribution in [1.29, 1.82) is 5.41 Å². The first-order valence-electron chi connectivity index (χ1n) is 13.2. The average Bonchev–Trinajstić information content (AvgIpc) is 3.51. The first kappa shape index (κ1) is 33.8. The average molecular weight is 672 g/mol. The Bertz CT molecular complexity index is 1340. The number of amides is 2. The number of aliphatic hydroxyl groups excluding tert-OH is 1. The number of anilines is 1. The minimum atomic E-state index is -4.76. The van der Waals surface area contributed by atoms with Gasteiger partial charge in [-0.3, -0.25) is 15.1 Å². The fraction of sp³-hybridized carbons (Fsp3) is 0.615. The van der Waals surface area contributed by atoms with Crippen LogP contribution < -0.4 is 10.2 Å². The molecule has 5 rings (SSSR count). The molecule has 10 nitrogen and oxygen atoms in total. The number of hydrogen-bond donors (Lipinski definition) is 4. The van der Waals surface area contributed by atoms with Crippen molar-refractivity contribution in [2.24, 2.45) is 5.92 Å². The van der Waals surface area contributed by atoms with Crippen LogP contribution in [-0.4, -0.2) is 84.7 Å². The van der Waals surface area contributed by atoms with Gasteiger partial charge in [-0.2, -0.15) is 18.3 Å². The van der Waals surface area contributed by atoms with Crippen LogP contribution >= 0.6 is 0 Å². The monoisotopic (exact) mass is 671 g/mol. The van der Waals surface area contributed by atoms with Gasteiger partial charge in [0.25, 0.3) is 0 Å². The zero-order chi connectivity index (χ0) is 28.3. The van der Waals surface area contributed by atoms with Crippen molar-refractivity contribution >= 4 is 42.0 Å². The van der Waals surface area contributed by atoms with E-state index in [1.54, 1.807) is 25.3 Å². The van der Waals surface area contributed by atoms with E-state index in [1.165, 1.54) is 4.90 Å². The molecule has 2 saturated heterocycles. The van der Waals surface area contributed by atoms with Crippen molar-refractivity contribution in [3.8, 4) is 0 Å². The molecular weight excluding hydrogens is 636 g/mol.